The first-order valence-electron chi connectivity index (χ1n) is 6.54. The Morgan fingerprint density at radius 2 is 1.75 bits per heavy atom. The van der Waals surface area contributed by atoms with Crippen molar-refractivity contribution < 1.29 is 14.6 Å². The van der Waals surface area contributed by atoms with Gasteiger partial charge in [0.1, 0.15) is 6.10 Å². The van der Waals surface area contributed by atoms with Gasteiger partial charge in [-0.1, -0.05) is 46.0 Å². The van der Waals surface area contributed by atoms with Crippen LogP contribution in [0.25, 0.3) is 0 Å². The second kappa shape index (κ2) is 10.9. The van der Waals surface area contributed by atoms with Crippen molar-refractivity contribution in [3.05, 3.63) is 0 Å². The van der Waals surface area contributed by atoms with Crippen LogP contribution in [0.1, 0.15) is 65.2 Å². The third-order valence-electron chi connectivity index (χ3n) is 2.69. The Kier molecular flexibility index (Phi) is 10.5. The summed E-state index contributed by atoms with van der Waals surface area (Å²) in [4.78, 5) is 11.3. The Bertz CT molecular complexity index is 165. The normalized spacial score (nSPS) is 12.4. The number of unbranched alkanes of at least 4 members (excludes halogenated alkanes) is 5. The lowest BCUT2D eigenvalue weighted by molar-refractivity contribution is -0.151. The van der Waals surface area contributed by atoms with Gasteiger partial charge in [0.2, 0.25) is 0 Å². The van der Waals surface area contributed by atoms with E-state index in [2.05, 4.69) is 6.92 Å². The fourth-order valence-corrected chi connectivity index (χ4v) is 1.54. The van der Waals surface area contributed by atoms with E-state index in [9.17, 15) is 4.79 Å². The second-order valence-corrected chi connectivity index (χ2v) is 4.22. The van der Waals surface area contributed by atoms with Gasteiger partial charge in [-0.2, -0.15) is 0 Å². The Balaban J connectivity index is 3.36. The lowest BCUT2D eigenvalue weighted by Crippen LogP contribution is -2.20. The highest BCUT2D eigenvalue weighted by molar-refractivity contribution is 5.69. The molecular formula is C13H26O3. The number of rotatable bonds is 10. The first-order valence-corrected chi connectivity index (χ1v) is 6.54. The fourth-order valence-electron chi connectivity index (χ4n) is 1.54. The molecule has 16 heavy (non-hydrogen) atoms. The van der Waals surface area contributed by atoms with Gasteiger partial charge in [-0.05, 0) is 12.8 Å². The van der Waals surface area contributed by atoms with Gasteiger partial charge in [-0.3, -0.25) is 4.79 Å². The van der Waals surface area contributed by atoms with Crippen LogP contribution in [0, 0.1) is 0 Å². The summed E-state index contributed by atoms with van der Waals surface area (Å²) in [6, 6.07) is 0. The smallest absolute Gasteiger partial charge is 0.306 e. The van der Waals surface area contributed by atoms with Gasteiger partial charge in [-0.25, -0.2) is 0 Å². The van der Waals surface area contributed by atoms with Gasteiger partial charge in [0.15, 0.2) is 0 Å². The molecule has 0 radical (unpaired) electrons. The highest BCUT2D eigenvalue weighted by atomic mass is 16.5. The number of hydrogen-bond donors (Lipinski definition) is 1. The van der Waals surface area contributed by atoms with E-state index in [1.54, 1.807) is 0 Å². The molecule has 0 saturated heterocycles. The topological polar surface area (TPSA) is 46.5 Å². The molecule has 0 rings (SSSR count). The number of carbonyl (C=O) groups excluding carboxylic acids is 1. The van der Waals surface area contributed by atoms with E-state index in [1.165, 1.54) is 25.7 Å². The molecule has 0 aliphatic carbocycles. The summed E-state index contributed by atoms with van der Waals surface area (Å²) >= 11 is 0. The SMILES string of the molecule is CCCCCCCCC(=O)OC(CC)CO. The number of esters is 1. The van der Waals surface area contributed by atoms with E-state index in [-0.39, 0.29) is 18.7 Å². The predicted octanol–water partition coefficient (Wildman–Crippen LogP) is 3.05. The molecule has 1 N–H and O–H groups in total. The quantitative estimate of drug-likeness (QED) is 0.463. The molecule has 3 nitrogen and oxygen atoms in total. The minimum absolute atomic E-state index is 0.0707. The monoisotopic (exact) mass is 230 g/mol. The molecule has 0 fully saturated rings. The van der Waals surface area contributed by atoms with Gasteiger partial charge in [-0.15, -0.1) is 0 Å². The molecule has 0 aromatic heterocycles. The number of ether oxygens (including phenoxy) is 1. The van der Waals surface area contributed by atoms with E-state index >= 15 is 0 Å². The third kappa shape index (κ3) is 8.72. The zero-order chi connectivity index (χ0) is 12.2. The fraction of sp³-hybridized carbons (Fsp3) is 0.923. The van der Waals surface area contributed by atoms with Crippen molar-refractivity contribution in [2.24, 2.45) is 0 Å². The lowest BCUT2D eigenvalue weighted by atomic mass is 10.1. The summed E-state index contributed by atoms with van der Waals surface area (Å²) in [5, 5.41) is 8.87. The number of aliphatic hydroxyl groups is 1. The average Bonchev–Trinajstić information content (AvgIpc) is 2.30. The Morgan fingerprint density at radius 3 is 2.31 bits per heavy atom. The first-order chi connectivity index (χ1) is 7.74. The Hall–Kier alpha value is -0.570. The molecule has 0 aliphatic heterocycles. The van der Waals surface area contributed by atoms with Crippen LogP contribution in [0.2, 0.25) is 0 Å². The van der Waals surface area contributed by atoms with Crippen LogP contribution < -0.4 is 0 Å². The molecule has 0 saturated carbocycles. The molecule has 1 atom stereocenters. The largest absolute Gasteiger partial charge is 0.460 e. The van der Waals surface area contributed by atoms with E-state index in [0.717, 1.165) is 12.8 Å². The highest BCUT2D eigenvalue weighted by Gasteiger charge is 2.10. The second-order valence-electron chi connectivity index (χ2n) is 4.22. The summed E-state index contributed by atoms with van der Waals surface area (Å²) < 4.78 is 5.09. The number of carbonyl (C=O) groups is 1. The average molecular weight is 230 g/mol. The highest BCUT2D eigenvalue weighted by Crippen LogP contribution is 2.08. The molecular weight excluding hydrogens is 204 g/mol. The van der Waals surface area contributed by atoms with Crippen LogP contribution in [-0.2, 0) is 9.53 Å². The molecule has 0 spiro atoms. The van der Waals surface area contributed by atoms with Crippen molar-refractivity contribution >= 4 is 5.97 Å². The zero-order valence-corrected chi connectivity index (χ0v) is 10.7. The summed E-state index contributed by atoms with van der Waals surface area (Å²) in [5.74, 6) is -0.170. The molecule has 0 aliphatic rings. The predicted molar refractivity (Wildman–Crippen MR) is 65.2 cm³/mol. The van der Waals surface area contributed by atoms with Gasteiger partial charge in [0, 0.05) is 6.42 Å². The van der Waals surface area contributed by atoms with Crippen molar-refractivity contribution in [2.45, 2.75) is 71.3 Å². The lowest BCUT2D eigenvalue weighted by Gasteiger charge is -2.12. The maximum atomic E-state index is 11.3. The van der Waals surface area contributed by atoms with Crippen molar-refractivity contribution in [3.8, 4) is 0 Å². The van der Waals surface area contributed by atoms with Crippen LogP contribution in [-0.4, -0.2) is 23.8 Å². The molecule has 0 bridgehead atoms. The molecule has 3 heteroatoms. The van der Waals surface area contributed by atoms with Crippen LogP contribution in [0.5, 0.6) is 0 Å². The van der Waals surface area contributed by atoms with Crippen molar-refractivity contribution in [2.75, 3.05) is 6.61 Å². The van der Waals surface area contributed by atoms with Crippen molar-refractivity contribution in [1.82, 2.24) is 0 Å². The summed E-state index contributed by atoms with van der Waals surface area (Å²) in [5.41, 5.74) is 0. The standard InChI is InChI=1S/C13H26O3/c1-3-5-6-7-8-9-10-13(15)16-12(4-2)11-14/h12,14H,3-11H2,1-2H3. The molecule has 0 aromatic rings. The maximum absolute atomic E-state index is 11.3. The first kappa shape index (κ1) is 15.4. The van der Waals surface area contributed by atoms with E-state index in [1.807, 2.05) is 6.92 Å². The number of hydrogen-bond acceptors (Lipinski definition) is 3. The van der Waals surface area contributed by atoms with Gasteiger partial charge >= 0.3 is 5.97 Å². The van der Waals surface area contributed by atoms with Crippen molar-refractivity contribution in [3.63, 3.8) is 0 Å². The minimum Gasteiger partial charge on any atom is -0.460 e. The van der Waals surface area contributed by atoms with Crippen LogP contribution in [0.15, 0.2) is 0 Å². The summed E-state index contributed by atoms with van der Waals surface area (Å²) in [6.07, 6.45) is 7.87. The third-order valence-corrected chi connectivity index (χ3v) is 2.69. The van der Waals surface area contributed by atoms with Gasteiger partial charge in [0.05, 0.1) is 6.61 Å². The Labute approximate surface area is 99.2 Å². The molecule has 1 unspecified atom stereocenters. The van der Waals surface area contributed by atoms with Gasteiger partial charge < -0.3 is 9.84 Å². The molecule has 0 aromatic carbocycles. The zero-order valence-electron chi connectivity index (χ0n) is 10.7. The molecule has 0 heterocycles. The Morgan fingerprint density at radius 1 is 1.12 bits per heavy atom. The van der Waals surface area contributed by atoms with E-state index < -0.39 is 0 Å². The van der Waals surface area contributed by atoms with Crippen LogP contribution in [0.3, 0.4) is 0 Å². The van der Waals surface area contributed by atoms with E-state index in [0.29, 0.717) is 12.8 Å². The van der Waals surface area contributed by atoms with Gasteiger partial charge in [0.25, 0.3) is 0 Å². The summed E-state index contributed by atoms with van der Waals surface area (Å²) in [7, 11) is 0. The van der Waals surface area contributed by atoms with Crippen LogP contribution in [0.4, 0.5) is 0 Å². The van der Waals surface area contributed by atoms with E-state index in [4.69, 9.17) is 9.84 Å². The van der Waals surface area contributed by atoms with Crippen LogP contribution >= 0.6 is 0 Å². The molecule has 96 valence electrons. The van der Waals surface area contributed by atoms with Crippen molar-refractivity contribution in [1.29, 1.82) is 0 Å². The minimum atomic E-state index is -0.312. The number of aliphatic hydroxyl groups excluding tert-OH is 1. The summed E-state index contributed by atoms with van der Waals surface area (Å²) in [6.45, 7) is 4.02. The molecule has 0 amide bonds. The maximum Gasteiger partial charge on any atom is 0.306 e.